The Morgan fingerprint density at radius 2 is 2.00 bits per heavy atom. The zero-order valence-electron chi connectivity index (χ0n) is 12.1. The Morgan fingerprint density at radius 1 is 1.17 bits per heavy atom. The van der Waals surface area contributed by atoms with E-state index in [2.05, 4.69) is 20.4 Å². The van der Waals surface area contributed by atoms with Gasteiger partial charge < -0.3 is 5.32 Å². The van der Waals surface area contributed by atoms with E-state index in [-0.39, 0.29) is 18.2 Å². The molecule has 1 aromatic carbocycles. The predicted molar refractivity (Wildman–Crippen MR) is 77.9 cm³/mol. The van der Waals surface area contributed by atoms with E-state index in [9.17, 15) is 17.6 Å². The van der Waals surface area contributed by atoms with Crippen molar-refractivity contribution in [2.24, 2.45) is 0 Å². The van der Waals surface area contributed by atoms with Crippen LogP contribution in [0.2, 0.25) is 0 Å². The van der Waals surface area contributed by atoms with Gasteiger partial charge in [-0.05, 0) is 24.3 Å². The summed E-state index contributed by atoms with van der Waals surface area (Å²) in [4.78, 5) is 6.60. The summed E-state index contributed by atoms with van der Waals surface area (Å²) < 4.78 is 52.4. The van der Waals surface area contributed by atoms with Crippen molar-refractivity contribution < 1.29 is 17.6 Å². The first-order valence-corrected chi connectivity index (χ1v) is 6.85. The maximum Gasteiger partial charge on any atom is 0.451 e. The van der Waals surface area contributed by atoms with Gasteiger partial charge in [-0.1, -0.05) is 6.07 Å². The maximum absolute atomic E-state index is 13.2. The highest BCUT2D eigenvalue weighted by atomic mass is 19.4. The summed E-state index contributed by atoms with van der Waals surface area (Å²) in [6.45, 7) is 0.212. The lowest BCUT2D eigenvalue weighted by molar-refractivity contribution is -0.144. The molecule has 0 aliphatic heterocycles. The maximum atomic E-state index is 13.2. The van der Waals surface area contributed by atoms with Gasteiger partial charge in [0.25, 0.3) is 0 Å². The highest BCUT2D eigenvalue weighted by molar-refractivity contribution is 5.35. The number of benzene rings is 1. The molecule has 0 fully saturated rings. The molecule has 9 heteroatoms. The van der Waals surface area contributed by atoms with Gasteiger partial charge in [0.15, 0.2) is 0 Å². The van der Waals surface area contributed by atoms with E-state index in [1.54, 1.807) is 18.3 Å². The molecule has 0 aliphatic carbocycles. The van der Waals surface area contributed by atoms with Gasteiger partial charge >= 0.3 is 6.18 Å². The largest absolute Gasteiger partial charge is 0.451 e. The van der Waals surface area contributed by atoms with Crippen molar-refractivity contribution in [3.63, 3.8) is 0 Å². The molecule has 0 saturated heterocycles. The minimum Gasteiger partial charge on any atom is -0.366 e. The van der Waals surface area contributed by atoms with Gasteiger partial charge in [-0.15, -0.1) is 0 Å². The van der Waals surface area contributed by atoms with Crippen molar-refractivity contribution in [3.05, 3.63) is 66.1 Å². The van der Waals surface area contributed by atoms with E-state index in [0.717, 1.165) is 6.20 Å². The first-order valence-electron chi connectivity index (χ1n) is 6.85. The van der Waals surface area contributed by atoms with Crippen LogP contribution in [0.1, 0.15) is 11.4 Å². The number of nitrogens with zero attached hydrogens (tertiary/aromatic N) is 4. The average molecular weight is 337 g/mol. The predicted octanol–water partition coefficient (Wildman–Crippen LogP) is 3.43. The van der Waals surface area contributed by atoms with Crippen LogP contribution in [0.3, 0.4) is 0 Å². The second kappa shape index (κ2) is 6.26. The zero-order valence-corrected chi connectivity index (χ0v) is 12.1. The molecule has 1 N–H and O–H groups in total. The van der Waals surface area contributed by atoms with Crippen molar-refractivity contribution in [2.75, 3.05) is 5.32 Å². The lowest BCUT2D eigenvalue weighted by Gasteiger charge is -2.07. The number of aromatic nitrogens is 4. The van der Waals surface area contributed by atoms with E-state index in [4.69, 9.17) is 0 Å². The highest BCUT2D eigenvalue weighted by Crippen LogP contribution is 2.26. The first-order chi connectivity index (χ1) is 11.4. The summed E-state index contributed by atoms with van der Waals surface area (Å²) in [5.41, 5.74) is 1.24. The summed E-state index contributed by atoms with van der Waals surface area (Å²) in [6.07, 6.45) is -0.383. The van der Waals surface area contributed by atoms with Crippen LogP contribution in [0.5, 0.6) is 0 Å². The summed E-state index contributed by atoms with van der Waals surface area (Å²) in [6, 6.07) is 7.23. The molecule has 0 atom stereocenters. The fourth-order valence-corrected chi connectivity index (χ4v) is 2.00. The van der Waals surface area contributed by atoms with Crippen LogP contribution >= 0.6 is 0 Å². The summed E-state index contributed by atoms with van der Waals surface area (Å²) in [5.74, 6) is -1.54. The fourth-order valence-electron chi connectivity index (χ4n) is 2.00. The van der Waals surface area contributed by atoms with Crippen LogP contribution < -0.4 is 5.32 Å². The van der Waals surface area contributed by atoms with Gasteiger partial charge in [0.2, 0.25) is 5.82 Å². The van der Waals surface area contributed by atoms with Crippen molar-refractivity contribution in [3.8, 4) is 5.69 Å². The average Bonchev–Trinajstić information content (AvgIpc) is 3.01. The SMILES string of the molecule is Fc1cccc(-n2cc(CNc3ccnc(C(F)(F)F)n3)cn2)c1. The summed E-state index contributed by atoms with van der Waals surface area (Å²) in [5, 5.41) is 6.86. The Kier molecular flexibility index (Phi) is 4.15. The third-order valence-electron chi connectivity index (χ3n) is 3.09. The molecule has 5 nitrogen and oxygen atoms in total. The Hall–Kier alpha value is -2.97. The molecule has 0 spiro atoms. The Balaban J connectivity index is 1.70. The molecule has 124 valence electrons. The monoisotopic (exact) mass is 337 g/mol. The summed E-state index contributed by atoms with van der Waals surface area (Å²) in [7, 11) is 0. The molecule has 2 aromatic heterocycles. The van der Waals surface area contributed by atoms with E-state index in [1.807, 2.05) is 0 Å². The van der Waals surface area contributed by atoms with Crippen LogP contribution in [-0.4, -0.2) is 19.7 Å². The molecule has 2 heterocycles. The van der Waals surface area contributed by atoms with Crippen LogP contribution in [0.15, 0.2) is 48.9 Å². The fraction of sp³-hybridized carbons (Fsp3) is 0.133. The van der Waals surface area contributed by atoms with Crippen molar-refractivity contribution >= 4 is 5.82 Å². The molecular weight excluding hydrogens is 326 g/mol. The molecule has 24 heavy (non-hydrogen) atoms. The number of hydrogen-bond acceptors (Lipinski definition) is 4. The molecule has 3 aromatic rings. The second-order valence-corrected chi connectivity index (χ2v) is 4.89. The number of rotatable bonds is 4. The molecular formula is C15H11F4N5. The van der Waals surface area contributed by atoms with E-state index in [0.29, 0.717) is 11.3 Å². The van der Waals surface area contributed by atoms with Crippen molar-refractivity contribution in [1.82, 2.24) is 19.7 Å². The lowest BCUT2D eigenvalue weighted by Crippen LogP contribution is -2.12. The molecule has 0 aliphatic rings. The summed E-state index contributed by atoms with van der Waals surface area (Å²) >= 11 is 0. The quantitative estimate of drug-likeness (QED) is 0.741. The second-order valence-electron chi connectivity index (χ2n) is 4.89. The Morgan fingerprint density at radius 3 is 2.75 bits per heavy atom. The van der Waals surface area contributed by atoms with Gasteiger partial charge in [0.1, 0.15) is 11.6 Å². The normalized spacial score (nSPS) is 11.5. The molecule has 0 radical (unpaired) electrons. The molecule has 0 unspecified atom stereocenters. The van der Waals surface area contributed by atoms with Gasteiger partial charge in [0, 0.05) is 24.5 Å². The molecule has 0 amide bonds. The van der Waals surface area contributed by atoms with Crippen LogP contribution in [0.25, 0.3) is 5.69 Å². The standard InChI is InChI=1S/C15H11F4N5/c16-11-2-1-3-12(6-11)24-9-10(8-22-24)7-21-13-4-5-20-14(23-13)15(17,18)19/h1-6,8-9H,7H2,(H,20,21,23). The third kappa shape index (κ3) is 3.67. The van der Waals surface area contributed by atoms with Crippen LogP contribution in [0.4, 0.5) is 23.4 Å². The highest BCUT2D eigenvalue weighted by Gasteiger charge is 2.34. The minimum atomic E-state index is -4.60. The van der Waals surface area contributed by atoms with Crippen molar-refractivity contribution in [1.29, 1.82) is 0 Å². The van der Waals surface area contributed by atoms with Crippen LogP contribution in [0, 0.1) is 5.82 Å². The van der Waals surface area contributed by atoms with Crippen LogP contribution in [-0.2, 0) is 12.7 Å². The van der Waals surface area contributed by atoms with Gasteiger partial charge in [-0.3, -0.25) is 0 Å². The zero-order chi connectivity index (χ0) is 17.2. The number of hydrogen-bond donors (Lipinski definition) is 1. The molecule has 0 saturated carbocycles. The van der Waals surface area contributed by atoms with Crippen molar-refractivity contribution in [2.45, 2.75) is 12.7 Å². The topological polar surface area (TPSA) is 55.6 Å². The van der Waals surface area contributed by atoms with E-state index < -0.39 is 12.0 Å². The number of anilines is 1. The Labute approximate surface area is 134 Å². The smallest absolute Gasteiger partial charge is 0.366 e. The van der Waals surface area contributed by atoms with Gasteiger partial charge in [-0.2, -0.15) is 18.3 Å². The Bertz CT molecular complexity index is 844. The minimum absolute atomic E-state index is 0.0517. The van der Waals surface area contributed by atoms with Gasteiger partial charge in [-0.25, -0.2) is 19.0 Å². The van der Waals surface area contributed by atoms with E-state index in [1.165, 1.54) is 29.1 Å². The third-order valence-corrected chi connectivity index (χ3v) is 3.09. The first kappa shape index (κ1) is 15.9. The number of halogens is 4. The van der Waals surface area contributed by atoms with E-state index >= 15 is 0 Å². The molecule has 0 bridgehead atoms. The molecule has 3 rings (SSSR count). The lowest BCUT2D eigenvalue weighted by atomic mass is 10.3. The number of alkyl halides is 3. The number of nitrogens with one attached hydrogen (secondary N) is 1. The van der Waals surface area contributed by atoms with Gasteiger partial charge in [0.05, 0.1) is 11.9 Å².